The van der Waals surface area contributed by atoms with Crippen LogP contribution in [0.1, 0.15) is 180 Å². The largest absolute Gasteiger partial charge is 0.492 e. The molecule has 3 rings (SSSR count). The van der Waals surface area contributed by atoms with Crippen molar-refractivity contribution in [2.45, 2.75) is 235 Å². The van der Waals surface area contributed by atoms with E-state index in [0.29, 0.717) is 32.5 Å². The van der Waals surface area contributed by atoms with Crippen molar-refractivity contribution in [1.29, 1.82) is 10.5 Å². The number of halogens is 20. The van der Waals surface area contributed by atoms with Gasteiger partial charge in [-0.25, -0.2) is 65.0 Å². The number of hydrogen-bond donors (Lipinski definition) is 4. The molecule has 22 nitrogen and oxygen atoms in total. The van der Waals surface area contributed by atoms with Crippen molar-refractivity contribution < 1.29 is 165 Å². The van der Waals surface area contributed by atoms with Gasteiger partial charge in [-0.15, -0.1) is 27.4 Å². The van der Waals surface area contributed by atoms with Crippen molar-refractivity contribution in [3.63, 3.8) is 0 Å². The van der Waals surface area contributed by atoms with Gasteiger partial charge in [0, 0.05) is 13.1 Å². The zero-order valence-electron chi connectivity index (χ0n) is 50.8. The number of aliphatic hydroxyl groups is 2. The van der Waals surface area contributed by atoms with Gasteiger partial charge >= 0.3 is 49.2 Å². The molecule has 0 aromatic carbocycles. The van der Waals surface area contributed by atoms with Crippen molar-refractivity contribution >= 4 is 24.3 Å². The summed E-state index contributed by atoms with van der Waals surface area (Å²) in [5, 5.41) is 36.9. The van der Waals surface area contributed by atoms with E-state index in [-0.39, 0.29) is 123 Å². The normalized spacial score (nSPS) is 21.1. The third-order valence-electron chi connectivity index (χ3n) is 12.1. The highest BCUT2D eigenvalue weighted by Gasteiger charge is 2.67. The third kappa shape index (κ3) is 53.0. The molecule has 604 valence electrons. The van der Waals surface area contributed by atoms with Gasteiger partial charge in [0.25, 0.3) is 12.5 Å². The third-order valence-corrected chi connectivity index (χ3v) is 12.1. The molecule has 3 saturated carbocycles. The number of ether oxygens (including phenoxy) is 8. The molecular formula is C58H106F20N6O16. The van der Waals surface area contributed by atoms with E-state index >= 15 is 0 Å². The Balaban J connectivity index is -0.0000000930. The van der Waals surface area contributed by atoms with Crippen LogP contribution in [0.25, 0.3) is 0 Å². The van der Waals surface area contributed by atoms with Crippen molar-refractivity contribution in [3.05, 3.63) is 0 Å². The lowest BCUT2D eigenvalue weighted by molar-refractivity contribution is -0.548. The van der Waals surface area contributed by atoms with Gasteiger partial charge in [-0.05, 0) is 99.3 Å². The Hall–Kier alpha value is -5.84. The Bertz CT molecular complexity index is 2250. The number of aliphatic hydroxyl groups excluding tert-OH is 2. The number of amides is 2. The fraction of sp³-hybridized carbons (Fsp3) is 0.897. The van der Waals surface area contributed by atoms with Crippen LogP contribution >= 0.6 is 0 Å². The van der Waals surface area contributed by atoms with Gasteiger partial charge in [-0.3, -0.25) is 9.47 Å². The summed E-state index contributed by atoms with van der Waals surface area (Å²) < 4.78 is 259. The summed E-state index contributed by atoms with van der Waals surface area (Å²) in [5.41, 5.74) is -0.240. The molecular weight excluding hydrogens is 1420 g/mol. The SMILES string of the molecule is C.C.C.C.C.C.C.C.CC1(C)CC(N=C=O)CC(C)(CNC(=O)OCF)C1.CC1(C)CC(OC#N)CC(C)(CN=C=O)C1.CC1(C)CC(OC#N)CC(C)(CNC(=O)OCCF)C1.FCOC(F)(F)OC(F)(F)C(F)(F)OF.FCOC(F)(F)OC(F)(F)C(F)(F)OF.OCCF.OCF. The van der Waals surface area contributed by atoms with Crippen LogP contribution in [-0.4, -0.2) is 163 Å². The Morgan fingerprint density at radius 3 is 1.13 bits per heavy atom. The van der Waals surface area contributed by atoms with Gasteiger partial charge in [-0.2, -0.15) is 45.6 Å². The van der Waals surface area contributed by atoms with E-state index in [1.165, 1.54) is 9.88 Å². The Kier molecular flexibility index (Phi) is 67.5. The topological polar surface area (TPSA) is 297 Å². The summed E-state index contributed by atoms with van der Waals surface area (Å²) in [6.45, 7) is 11.4. The smallest absolute Gasteiger partial charge is 0.447 e. The fourth-order valence-corrected chi connectivity index (χ4v) is 10.3. The predicted molar refractivity (Wildman–Crippen MR) is 324 cm³/mol. The summed E-state index contributed by atoms with van der Waals surface area (Å²) in [7, 11) is 0. The average molecular weight is 1520 g/mol. The molecule has 0 heterocycles. The predicted octanol–water partition coefficient (Wildman–Crippen LogP) is 17.8. The van der Waals surface area contributed by atoms with E-state index in [2.05, 4.69) is 104 Å². The summed E-state index contributed by atoms with van der Waals surface area (Å²) in [6, 6.07) is -0.0785. The van der Waals surface area contributed by atoms with Crippen LogP contribution in [0.2, 0.25) is 0 Å². The van der Waals surface area contributed by atoms with E-state index in [1.807, 2.05) is 6.92 Å². The second kappa shape index (κ2) is 55.7. The first-order valence-electron chi connectivity index (χ1n) is 26.1. The van der Waals surface area contributed by atoms with Gasteiger partial charge in [0.1, 0.15) is 32.2 Å². The molecule has 0 spiro atoms. The minimum atomic E-state index is -6.04. The Morgan fingerprint density at radius 1 is 0.500 bits per heavy atom. The maximum Gasteiger partial charge on any atom is 0.492 e. The second-order valence-electron chi connectivity index (χ2n) is 23.1. The van der Waals surface area contributed by atoms with Gasteiger partial charge in [0.2, 0.25) is 19.0 Å². The number of isocyanates is 2. The van der Waals surface area contributed by atoms with Crippen LogP contribution in [0.15, 0.2) is 9.98 Å². The molecule has 2 amide bonds. The summed E-state index contributed by atoms with van der Waals surface area (Å²) in [6.07, 6.45) is -22.1. The Labute approximate surface area is 573 Å². The zero-order chi connectivity index (χ0) is 72.8. The number of alkyl halides is 18. The van der Waals surface area contributed by atoms with Crippen LogP contribution in [0.5, 0.6) is 0 Å². The number of aliphatic imine (C=N–C) groups is 2. The zero-order valence-corrected chi connectivity index (χ0v) is 50.8. The number of carbonyl (C=O) groups excluding carboxylic acids is 4. The lowest BCUT2D eigenvalue weighted by Crippen LogP contribution is -2.48. The van der Waals surface area contributed by atoms with Crippen molar-refractivity contribution in [2.75, 3.05) is 73.6 Å². The van der Waals surface area contributed by atoms with Crippen LogP contribution < -0.4 is 10.6 Å². The number of alkyl carbamates (subject to hydrolysis) is 2. The molecule has 4 N–H and O–H groups in total. The first-order valence-corrected chi connectivity index (χ1v) is 26.1. The highest BCUT2D eigenvalue weighted by Crippen LogP contribution is 2.50. The molecule has 0 aromatic heterocycles. The molecule has 3 aliphatic carbocycles. The molecule has 0 saturated heterocycles. The number of nitrogens with one attached hydrogen (secondary N) is 2. The number of nitrogens with zero attached hydrogens (tertiary/aromatic N) is 4. The second-order valence-corrected chi connectivity index (χ2v) is 23.1. The highest BCUT2D eigenvalue weighted by molar-refractivity contribution is 5.67. The minimum absolute atomic E-state index is 0. The molecule has 0 aromatic rings. The van der Waals surface area contributed by atoms with Crippen molar-refractivity contribution in [2.24, 2.45) is 42.5 Å². The number of nitriles is 2. The number of rotatable bonds is 25. The van der Waals surface area contributed by atoms with E-state index in [9.17, 15) is 107 Å². The van der Waals surface area contributed by atoms with E-state index in [1.54, 1.807) is 24.7 Å². The molecule has 6 atom stereocenters. The standard InChI is InChI=1S/C14H23FN2O3.C13H21FN2O3.C12H18N2O2.2C4H2F8O3.C2H5FO.CH3FO.8CH4/c1-13(2)6-11(20-10-16)7-14(3,8-13)9-17-12(18)19-5-4-15;1-12(2)4-10(16-9-17)5-13(3,6-12)7-15-11(18)19-8-14;1-11(2)4-10(16-8-13)5-12(3,6-11)7-14-9-15;2*5-1-13-4(10,11)14-2(6,7)3(8,9)15-12;3-1-2-4;2-1-3;;;;;;;;/h11H,4-9H2,1-3H3,(H,17,18);10H,4-8H2,1-3H3,(H,15,18);10H,4-7H2,1-3H3;2*1H2;4H,1-2H2;3H,1H2;8*1H4. The maximum absolute atomic E-state index is 12.0. The average Bonchev–Trinajstić information content (AvgIpc) is 0.832. The van der Waals surface area contributed by atoms with Crippen molar-refractivity contribution in [1.82, 2.24) is 10.6 Å². The first-order chi connectivity index (χ1) is 42.0. The molecule has 0 radical (unpaired) electrons. The van der Waals surface area contributed by atoms with E-state index < -0.39 is 90.0 Å². The van der Waals surface area contributed by atoms with Gasteiger partial charge < -0.3 is 39.8 Å². The number of carbonyl (C=O) groups is 2. The summed E-state index contributed by atoms with van der Waals surface area (Å²) >= 11 is 0. The molecule has 6 unspecified atom stereocenters. The first kappa shape index (κ1) is 121. The monoisotopic (exact) mass is 1520 g/mol. The maximum atomic E-state index is 12.0. The van der Waals surface area contributed by atoms with Gasteiger partial charge in [0.15, 0.2) is 20.6 Å². The fourth-order valence-electron chi connectivity index (χ4n) is 10.3. The lowest BCUT2D eigenvalue weighted by Gasteiger charge is -2.45. The quantitative estimate of drug-likeness (QED) is 0.0217. The lowest BCUT2D eigenvalue weighted by atomic mass is 9.63. The number of hydrogen-bond acceptors (Lipinski definition) is 20. The van der Waals surface area contributed by atoms with Crippen LogP contribution in [-0.2, 0) is 57.4 Å². The molecule has 42 heteroatoms. The molecule has 100 heavy (non-hydrogen) atoms. The summed E-state index contributed by atoms with van der Waals surface area (Å²) in [5.74, 6) is 0. The molecule has 0 bridgehead atoms. The minimum Gasteiger partial charge on any atom is -0.447 e. The van der Waals surface area contributed by atoms with E-state index in [4.69, 9.17) is 30.2 Å². The molecule has 3 aliphatic rings. The Morgan fingerprint density at radius 2 is 0.830 bits per heavy atom. The summed E-state index contributed by atoms with van der Waals surface area (Å²) in [4.78, 5) is 53.5. The highest BCUT2D eigenvalue weighted by atomic mass is 19.4. The molecule has 3 fully saturated rings. The van der Waals surface area contributed by atoms with Gasteiger partial charge in [-0.1, -0.05) is 122 Å². The van der Waals surface area contributed by atoms with Crippen LogP contribution in [0.3, 0.4) is 0 Å². The van der Waals surface area contributed by atoms with Crippen molar-refractivity contribution in [3.8, 4) is 12.5 Å². The van der Waals surface area contributed by atoms with Crippen LogP contribution in [0.4, 0.5) is 97.7 Å². The van der Waals surface area contributed by atoms with Crippen LogP contribution in [0, 0.1) is 55.5 Å². The molecule has 0 aliphatic heterocycles. The van der Waals surface area contributed by atoms with Gasteiger partial charge in [0.05, 0.1) is 19.2 Å². The van der Waals surface area contributed by atoms with E-state index in [0.717, 1.165) is 44.9 Å².